The largest absolute Gasteiger partial charge is 0.434 e. The first-order valence-corrected chi connectivity index (χ1v) is 7.77. The number of hydrogen-bond acceptors (Lipinski definition) is 3. The lowest BCUT2D eigenvalue weighted by atomic mass is 10.2. The molecule has 7 heteroatoms. The molecule has 0 bridgehead atoms. The highest BCUT2D eigenvalue weighted by Gasteiger charge is 2.10. The van der Waals surface area contributed by atoms with E-state index in [0.29, 0.717) is 23.7 Å². The highest BCUT2D eigenvalue weighted by Crippen LogP contribution is 2.25. The highest BCUT2D eigenvalue weighted by atomic mass is 79.9. The molecule has 108 valence electrons. The van der Waals surface area contributed by atoms with Crippen molar-refractivity contribution in [3.05, 3.63) is 49.6 Å². The third-order valence-electron chi connectivity index (χ3n) is 2.53. The SMILES string of the molecule is FC(F)Oc1ccc(Cl)cc1CNCc1sccc1Br. The Hall–Kier alpha value is -0.690. The molecule has 0 aliphatic rings. The second kappa shape index (κ2) is 7.36. The van der Waals surface area contributed by atoms with Crippen LogP contribution in [0.25, 0.3) is 0 Å². The van der Waals surface area contributed by atoms with Gasteiger partial charge in [-0.2, -0.15) is 8.78 Å². The molecule has 0 aliphatic carbocycles. The fourth-order valence-electron chi connectivity index (χ4n) is 1.66. The quantitative estimate of drug-likeness (QED) is 0.754. The molecule has 1 aromatic carbocycles. The summed E-state index contributed by atoms with van der Waals surface area (Å²) in [6.45, 7) is -1.81. The van der Waals surface area contributed by atoms with Gasteiger partial charge in [-0.3, -0.25) is 0 Å². The van der Waals surface area contributed by atoms with Crippen molar-refractivity contribution >= 4 is 38.9 Å². The Morgan fingerprint density at radius 2 is 2.10 bits per heavy atom. The van der Waals surface area contributed by atoms with Gasteiger partial charge in [-0.1, -0.05) is 11.6 Å². The maximum atomic E-state index is 12.3. The van der Waals surface area contributed by atoms with Crippen LogP contribution in [-0.2, 0) is 13.1 Å². The molecule has 2 aromatic rings. The molecular formula is C13H11BrClF2NOS. The molecule has 0 spiro atoms. The Balaban J connectivity index is 2.01. The minimum atomic E-state index is -2.85. The van der Waals surface area contributed by atoms with E-state index in [-0.39, 0.29) is 5.75 Å². The molecule has 20 heavy (non-hydrogen) atoms. The van der Waals surface area contributed by atoms with Gasteiger partial charge >= 0.3 is 6.61 Å². The summed E-state index contributed by atoms with van der Waals surface area (Å²) in [4.78, 5) is 1.14. The predicted octanol–water partition coefficient (Wildman–Crippen LogP) is 5.06. The van der Waals surface area contributed by atoms with Gasteiger partial charge in [-0.15, -0.1) is 11.3 Å². The number of benzene rings is 1. The molecule has 0 unspecified atom stereocenters. The minimum Gasteiger partial charge on any atom is -0.434 e. The van der Waals surface area contributed by atoms with Gasteiger partial charge in [0.05, 0.1) is 0 Å². The summed E-state index contributed by atoms with van der Waals surface area (Å²) in [7, 11) is 0. The second-order valence-electron chi connectivity index (χ2n) is 3.93. The highest BCUT2D eigenvalue weighted by molar-refractivity contribution is 9.10. The molecule has 2 nitrogen and oxygen atoms in total. The zero-order chi connectivity index (χ0) is 14.5. The smallest absolute Gasteiger partial charge is 0.387 e. The van der Waals surface area contributed by atoms with Gasteiger partial charge in [-0.25, -0.2) is 0 Å². The van der Waals surface area contributed by atoms with Crippen LogP contribution in [-0.4, -0.2) is 6.61 Å². The monoisotopic (exact) mass is 381 g/mol. The minimum absolute atomic E-state index is 0.141. The van der Waals surface area contributed by atoms with E-state index < -0.39 is 6.61 Å². The van der Waals surface area contributed by atoms with E-state index in [1.54, 1.807) is 17.4 Å². The van der Waals surface area contributed by atoms with Crippen molar-refractivity contribution in [1.29, 1.82) is 0 Å². The number of nitrogens with one attached hydrogen (secondary N) is 1. The summed E-state index contributed by atoms with van der Waals surface area (Å²) in [5, 5.41) is 5.65. The van der Waals surface area contributed by atoms with Crippen molar-refractivity contribution in [2.45, 2.75) is 19.7 Å². The van der Waals surface area contributed by atoms with Gasteiger partial charge in [0.15, 0.2) is 0 Å². The van der Waals surface area contributed by atoms with Crippen LogP contribution in [0.1, 0.15) is 10.4 Å². The summed E-state index contributed by atoms with van der Waals surface area (Å²) < 4.78 is 30.1. The summed E-state index contributed by atoms with van der Waals surface area (Å²) in [6, 6.07) is 6.56. The van der Waals surface area contributed by atoms with Gasteiger partial charge in [0, 0.05) is 33.0 Å². The zero-order valence-corrected chi connectivity index (χ0v) is 13.4. The first-order valence-electron chi connectivity index (χ1n) is 5.72. The number of halogens is 4. The normalized spacial score (nSPS) is 11.1. The number of alkyl halides is 2. The molecule has 0 aliphatic heterocycles. The average molecular weight is 383 g/mol. The van der Waals surface area contributed by atoms with Crippen molar-refractivity contribution < 1.29 is 13.5 Å². The van der Waals surface area contributed by atoms with Gasteiger partial charge in [-0.05, 0) is 45.6 Å². The molecule has 0 amide bonds. The lowest BCUT2D eigenvalue weighted by molar-refractivity contribution is -0.0505. The van der Waals surface area contributed by atoms with Crippen LogP contribution >= 0.6 is 38.9 Å². The number of thiophene rings is 1. The van der Waals surface area contributed by atoms with E-state index in [0.717, 1.165) is 9.35 Å². The lowest BCUT2D eigenvalue weighted by Crippen LogP contribution is -2.14. The van der Waals surface area contributed by atoms with Crippen LogP contribution in [0.2, 0.25) is 5.02 Å². The molecule has 1 aromatic heterocycles. The van der Waals surface area contributed by atoms with Crippen molar-refractivity contribution in [2.24, 2.45) is 0 Å². The summed E-state index contributed by atoms with van der Waals surface area (Å²) in [6.07, 6.45) is 0. The van der Waals surface area contributed by atoms with Gasteiger partial charge in [0.25, 0.3) is 0 Å². The van der Waals surface area contributed by atoms with Crippen molar-refractivity contribution in [3.8, 4) is 5.75 Å². The predicted molar refractivity (Wildman–Crippen MR) is 80.6 cm³/mol. The van der Waals surface area contributed by atoms with E-state index in [9.17, 15) is 8.78 Å². The molecule has 0 radical (unpaired) electrons. The maximum absolute atomic E-state index is 12.3. The van der Waals surface area contributed by atoms with Crippen molar-refractivity contribution in [1.82, 2.24) is 5.32 Å². The molecular weight excluding hydrogens is 372 g/mol. The van der Waals surface area contributed by atoms with Crippen LogP contribution in [0.3, 0.4) is 0 Å². The molecule has 1 N–H and O–H groups in total. The summed E-state index contributed by atoms with van der Waals surface area (Å²) in [5.74, 6) is 0.141. The Morgan fingerprint density at radius 3 is 2.75 bits per heavy atom. The van der Waals surface area contributed by atoms with E-state index in [4.69, 9.17) is 11.6 Å². The maximum Gasteiger partial charge on any atom is 0.387 e. The number of hydrogen-bond donors (Lipinski definition) is 1. The Morgan fingerprint density at radius 1 is 1.30 bits per heavy atom. The van der Waals surface area contributed by atoms with E-state index >= 15 is 0 Å². The van der Waals surface area contributed by atoms with Crippen molar-refractivity contribution in [2.75, 3.05) is 0 Å². The number of ether oxygens (including phenoxy) is 1. The Kier molecular flexibility index (Phi) is 5.77. The standard InChI is InChI=1S/C13H11BrClF2NOS/c14-10-3-4-20-12(10)7-18-6-8-5-9(15)1-2-11(8)19-13(16)17/h1-5,13,18H,6-7H2. The Bertz CT molecular complexity index is 579. The summed E-state index contributed by atoms with van der Waals surface area (Å²) in [5.41, 5.74) is 0.602. The molecule has 1 heterocycles. The van der Waals surface area contributed by atoms with Crippen LogP contribution < -0.4 is 10.1 Å². The molecule has 0 saturated carbocycles. The zero-order valence-electron chi connectivity index (χ0n) is 10.2. The van der Waals surface area contributed by atoms with Gasteiger partial charge < -0.3 is 10.1 Å². The number of rotatable bonds is 6. The molecule has 0 fully saturated rings. The fourth-order valence-corrected chi connectivity index (χ4v) is 3.32. The lowest BCUT2D eigenvalue weighted by Gasteiger charge is -2.11. The van der Waals surface area contributed by atoms with Crippen LogP contribution in [0.5, 0.6) is 5.75 Å². The van der Waals surface area contributed by atoms with Crippen LogP contribution in [0.4, 0.5) is 8.78 Å². The fraction of sp³-hybridized carbons (Fsp3) is 0.231. The van der Waals surface area contributed by atoms with Crippen LogP contribution in [0.15, 0.2) is 34.1 Å². The van der Waals surface area contributed by atoms with E-state index in [2.05, 4.69) is 26.0 Å². The van der Waals surface area contributed by atoms with E-state index in [1.807, 2.05) is 11.4 Å². The topological polar surface area (TPSA) is 21.3 Å². The van der Waals surface area contributed by atoms with Gasteiger partial charge in [0.1, 0.15) is 5.75 Å². The molecule has 2 rings (SSSR count). The first-order chi connectivity index (χ1) is 9.56. The van der Waals surface area contributed by atoms with Gasteiger partial charge in [0.2, 0.25) is 0 Å². The first kappa shape index (κ1) is 15.7. The third-order valence-corrected chi connectivity index (χ3v) is 4.69. The second-order valence-corrected chi connectivity index (χ2v) is 6.22. The van der Waals surface area contributed by atoms with E-state index in [1.165, 1.54) is 12.1 Å². The summed E-state index contributed by atoms with van der Waals surface area (Å²) >= 11 is 10.9. The van der Waals surface area contributed by atoms with Crippen molar-refractivity contribution in [3.63, 3.8) is 0 Å². The third kappa shape index (κ3) is 4.41. The molecule has 0 atom stereocenters. The molecule has 0 saturated heterocycles. The van der Waals surface area contributed by atoms with Crippen LogP contribution in [0, 0.1) is 0 Å². The Labute approximate surface area is 132 Å². The average Bonchev–Trinajstić information content (AvgIpc) is 2.78.